The van der Waals surface area contributed by atoms with Crippen molar-refractivity contribution in [2.75, 3.05) is 16.3 Å². The molecule has 0 unspecified atom stereocenters. The van der Waals surface area contributed by atoms with Gasteiger partial charge in [-0.25, -0.2) is 0 Å². The first-order valence-electron chi connectivity index (χ1n) is 10.6. The lowest BCUT2D eigenvalue weighted by Gasteiger charge is -2.42. The normalized spacial score (nSPS) is 15.7. The number of aromatic nitrogens is 4. The average Bonchev–Trinajstić information content (AvgIpc) is 3.62. The van der Waals surface area contributed by atoms with Crippen LogP contribution in [-0.2, 0) is 13.1 Å². The number of fused-ring (bicyclic) bond motifs is 1. The van der Waals surface area contributed by atoms with E-state index in [1.807, 2.05) is 12.1 Å². The molecule has 0 N–H and O–H groups in total. The quantitative estimate of drug-likeness (QED) is 0.374. The first kappa shape index (κ1) is 19.4. The highest BCUT2D eigenvalue weighted by atomic mass is 16.5. The summed E-state index contributed by atoms with van der Waals surface area (Å²) in [6, 6.07) is 12.0. The van der Waals surface area contributed by atoms with E-state index >= 15 is 0 Å². The minimum Gasteiger partial charge on any atom is -0.472 e. The van der Waals surface area contributed by atoms with E-state index in [1.54, 1.807) is 37.2 Å². The maximum Gasteiger partial charge on any atom is 0.246 e. The van der Waals surface area contributed by atoms with Crippen LogP contribution in [0, 0.1) is 0 Å². The summed E-state index contributed by atoms with van der Waals surface area (Å²) in [7, 11) is 0. The van der Waals surface area contributed by atoms with Crippen molar-refractivity contribution >= 4 is 11.4 Å². The van der Waals surface area contributed by atoms with Gasteiger partial charge in [0, 0.05) is 12.6 Å². The second kappa shape index (κ2) is 7.97. The lowest BCUT2D eigenvalue weighted by atomic mass is 10.1. The highest BCUT2D eigenvalue weighted by Crippen LogP contribution is 2.37. The van der Waals surface area contributed by atoms with Crippen LogP contribution in [0.2, 0.25) is 0 Å². The molecule has 0 fully saturated rings. The molecule has 10 nitrogen and oxygen atoms in total. The van der Waals surface area contributed by atoms with E-state index in [0.29, 0.717) is 36.5 Å². The van der Waals surface area contributed by atoms with Gasteiger partial charge in [0.05, 0.1) is 48.1 Å². The monoisotopic (exact) mass is 444 g/mol. The molecular weight excluding hydrogens is 424 g/mol. The van der Waals surface area contributed by atoms with Crippen molar-refractivity contribution in [1.82, 2.24) is 20.3 Å². The van der Waals surface area contributed by atoms with Crippen LogP contribution < -0.4 is 9.80 Å². The van der Waals surface area contributed by atoms with Crippen molar-refractivity contribution in [2.45, 2.75) is 26.1 Å². The molecule has 10 heteroatoms. The van der Waals surface area contributed by atoms with E-state index < -0.39 is 0 Å². The van der Waals surface area contributed by atoms with Gasteiger partial charge in [0.2, 0.25) is 23.4 Å². The van der Waals surface area contributed by atoms with Gasteiger partial charge in [-0.1, -0.05) is 22.4 Å². The number of hydrogen-bond donors (Lipinski definition) is 0. The molecule has 5 aromatic rings. The van der Waals surface area contributed by atoms with E-state index in [-0.39, 0.29) is 6.04 Å². The van der Waals surface area contributed by atoms with Crippen molar-refractivity contribution in [2.24, 2.45) is 0 Å². The molecule has 0 radical (unpaired) electrons. The van der Waals surface area contributed by atoms with Crippen LogP contribution in [-0.4, -0.2) is 32.9 Å². The molecule has 166 valence electrons. The maximum atomic E-state index is 5.52. The number of anilines is 2. The van der Waals surface area contributed by atoms with Crippen LogP contribution in [0.3, 0.4) is 0 Å². The zero-order chi connectivity index (χ0) is 22.2. The lowest BCUT2D eigenvalue weighted by molar-refractivity contribution is 0.365. The molecule has 1 atom stereocenters. The van der Waals surface area contributed by atoms with Gasteiger partial charge in [0.1, 0.15) is 12.5 Å². The number of furan rings is 2. The second-order valence-electron chi connectivity index (χ2n) is 7.89. The minimum absolute atomic E-state index is 0.181. The molecule has 1 aliphatic heterocycles. The summed E-state index contributed by atoms with van der Waals surface area (Å²) >= 11 is 0. The Balaban J connectivity index is 1.24. The van der Waals surface area contributed by atoms with Gasteiger partial charge in [-0.3, -0.25) is 0 Å². The molecule has 1 aliphatic rings. The number of nitrogens with zero attached hydrogens (tertiary/aromatic N) is 6. The van der Waals surface area contributed by atoms with Crippen LogP contribution in [0.5, 0.6) is 0 Å². The Morgan fingerprint density at radius 2 is 1.42 bits per heavy atom. The Morgan fingerprint density at radius 1 is 0.818 bits per heavy atom. The lowest BCUT2D eigenvalue weighted by Crippen LogP contribution is -2.47. The van der Waals surface area contributed by atoms with Crippen molar-refractivity contribution in [1.29, 1.82) is 0 Å². The minimum atomic E-state index is 0.181. The molecule has 0 bridgehead atoms. The number of rotatable bonds is 6. The van der Waals surface area contributed by atoms with Crippen molar-refractivity contribution < 1.29 is 17.9 Å². The first-order chi connectivity index (χ1) is 16.2. The highest BCUT2D eigenvalue weighted by Gasteiger charge is 2.30. The Bertz CT molecular complexity index is 1340. The standard InChI is InChI=1S/C23H20N6O4/c1-15-10-28(11-20-24-22(26-32-20)16-6-8-30-13-16)18-4-2-3-5-19(18)29(15)12-21-25-23(27-33-21)17-7-9-31-14-17/h2-9,13-15H,10-12H2,1H3/t15-/m1/s1. The molecule has 1 aromatic carbocycles. The number of para-hydroxylation sites is 2. The third-order valence-electron chi connectivity index (χ3n) is 5.68. The zero-order valence-corrected chi connectivity index (χ0v) is 17.8. The second-order valence-corrected chi connectivity index (χ2v) is 7.89. The summed E-state index contributed by atoms with van der Waals surface area (Å²) in [4.78, 5) is 13.6. The topological polar surface area (TPSA) is 111 Å². The maximum absolute atomic E-state index is 5.52. The van der Waals surface area contributed by atoms with Gasteiger partial charge in [0.25, 0.3) is 0 Å². The Hall–Kier alpha value is -4.34. The van der Waals surface area contributed by atoms with Crippen molar-refractivity contribution in [3.05, 3.63) is 73.2 Å². The Labute approximate surface area is 188 Å². The van der Waals surface area contributed by atoms with Crippen LogP contribution in [0.1, 0.15) is 18.7 Å². The third-order valence-corrected chi connectivity index (χ3v) is 5.68. The molecule has 6 rings (SSSR count). The predicted octanol–water partition coefficient (Wildman–Crippen LogP) is 4.39. The fraction of sp³-hybridized carbons (Fsp3) is 0.217. The summed E-state index contributed by atoms with van der Waals surface area (Å²) < 4.78 is 21.2. The summed E-state index contributed by atoms with van der Waals surface area (Å²) in [5, 5.41) is 8.16. The van der Waals surface area contributed by atoms with E-state index in [4.69, 9.17) is 17.9 Å². The van der Waals surface area contributed by atoms with E-state index in [1.165, 1.54) is 0 Å². The summed E-state index contributed by atoms with van der Waals surface area (Å²) in [5.74, 6) is 2.12. The predicted molar refractivity (Wildman–Crippen MR) is 117 cm³/mol. The fourth-order valence-corrected chi connectivity index (χ4v) is 4.08. The molecule has 0 spiro atoms. The SMILES string of the molecule is C[C@@H]1CN(Cc2nc(-c3ccoc3)no2)c2ccccc2N1Cc1nc(-c2ccoc2)no1. The van der Waals surface area contributed by atoms with E-state index in [2.05, 4.69) is 49.1 Å². The van der Waals surface area contributed by atoms with Gasteiger partial charge >= 0.3 is 0 Å². The molecule has 0 saturated heterocycles. The van der Waals surface area contributed by atoms with E-state index in [0.717, 1.165) is 29.0 Å². The number of benzene rings is 1. The zero-order valence-electron chi connectivity index (χ0n) is 17.8. The van der Waals surface area contributed by atoms with E-state index in [9.17, 15) is 0 Å². The summed E-state index contributed by atoms with van der Waals surface area (Å²) in [5.41, 5.74) is 3.73. The summed E-state index contributed by atoms with van der Waals surface area (Å²) in [6.45, 7) is 3.94. The molecule has 0 amide bonds. The Kier molecular flexibility index (Phi) is 4.68. The van der Waals surface area contributed by atoms with Crippen LogP contribution in [0.25, 0.3) is 22.8 Å². The van der Waals surface area contributed by atoms with Gasteiger partial charge in [0.15, 0.2) is 0 Å². The van der Waals surface area contributed by atoms with Crippen molar-refractivity contribution in [3.63, 3.8) is 0 Å². The Morgan fingerprint density at radius 3 is 2.03 bits per heavy atom. The third kappa shape index (κ3) is 3.65. The van der Waals surface area contributed by atoms with Crippen LogP contribution >= 0.6 is 0 Å². The summed E-state index contributed by atoms with van der Waals surface area (Å²) in [6.07, 6.45) is 6.37. The highest BCUT2D eigenvalue weighted by molar-refractivity contribution is 5.74. The van der Waals surface area contributed by atoms with Gasteiger partial charge in [-0.05, 0) is 31.2 Å². The average molecular weight is 444 g/mol. The first-order valence-corrected chi connectivity index (χ1v) is 10.6. The molecule has 4 aromatic heterocycles. The van der Waals surface area contributed by atoms with Gasteiger partial charge < -0.3 is 27.7 Å². The largest absolute Gasteiger partial charge is 0.472 e. The van der Waals surface area contributed by atoms with Crippen LogP contribution in [0.15, 0.2) is 79.3 Å². The molecule has 5 heterocycles. The smallest absolute Gasteiger partial charge is 0.246 e. The molecular formula is C23H20N6O4. The fourth-order valence-electron chi connectivity index (χ4n) is 4.08. The molecule has 33 heavy (non-hydrogen) atoms. The van der Waals surface area contributed by atoms with Gasteiger partial charge in [-0.2, -0.15) is 9.97 Å². The van der Waals surface area contributed by atoms with Gasteiger partial charge in [-0.15, -0.1) is 0 Å². The van der Waals surface area contributed by atoms with Crippen molar-refractivity contribution in [3.8, 4) is 22.8 Å². The number of hydrogen-bond acceptors (Lipinski definition) is 10. The molecule has 0 saturated carbocycles. The molecule has 0 aliphatic carbocycles. The van der Waals surface area contributed by atoms with Crippen LogP contribution in [0.4, 0.5) is 11.4 Å².